The highest BCUT2D eigenvalue weighted by Gasteiger charge is 2.23. The summed E-state index contributed by atoms with van der Waals surface area (Å²) < 4.78 is 0. The fraction of sp³-hybridized carbons (Fsp3) is 0.316. The zero-order valence-electron chi connectivity index (χ0n) is 13.6. The molecule has 0 aliphatic carbocycles. The second-order valence-corrected chi connectivity index (χ2v) is 7.56. The Morgan fingerprint density at radius 3 is 2.78 bits per heavy atom. The van der Waals surface area contributed by atoms with E-state index in [2.05, 4.69) is 49.1 Å². The van der Waals surface area contributed by atoms with E-state index in [4.69, 9.17) is 10.7 Å². The molecule has 1 aromatic carbocycles. The Bertz CT molecular complexity index is 867. The zero-order valence-corrected chi connectivity index (χ0v) is 14.4. The van der Waals surface area contributed by atoms with Crippen molar-refractivity contribution in [1.82, 2.24) is 9.88 Å². The van der Waals surface area contributed by atoms with Crippen molar-refractivity contribution >= 4 is 27.2 Å². The van der Waals surface area contributed by atoms with Gasteiger partial charge in [0.1, 0.15) is 4.83 Å². The lowest BCUT2D eigenvalue weighted by molar-refractivity contribution is 0.244. The second-order valence-electron chi connectivity index (χ2n) is 6.36. The molecule has 1 aliphatic heterocycles. The van der Waals surface area contributed by atoms with Crippen molar-refractivity contribution in [3.8, 4) is 0 Å². The van der Waals surface area contributed by atoms with Gasteiger partial charge in [-0.25, -0.2) is 4.98 Å². The molecule has 0 unspecified atom stereocenters. The number of aryl methyl sites for hydroxylation is 2. The highest BCUT2D eigenvalue weighted by Crippen LogP contribution is 2.37. The first-order valence-electron chi connectivity index (χ1n) is 8.06. The van der Waals surface area contributed by atoms with Crippen LogP contribution >= 0.6 is 11.3 Å². The first kappa shape index (κ1) is 14.7. The van der Waals surface area contributed by atoms with Crippen molar-refractivity contribution in [2.75, 3.05) is 12.3 Å². The maximum Gasteiger partial charge on any atom is 0.126 e. The van der Waals surface area contributed by atoms with Gasteiger partial charge in [-0.15, -0.1) is 11.3 Å². The lowest BCUT2D eigenvalue weighted by Gasteiger charge is -2.29. The highest BCUT2D eigenvalue weighted by molar-refractivity contribution is 7.18. The summed E-state index contributed by atoms with van der Waals surface area (Å²) in [6.45, 7) is 7.22. The molecule has 4 rings (SSSR count). The number of rotatable bonds is 2. The molecule has 3 heterocycles. The molecule has 2 aromatic heterocycles. The van der Waals surface area contributed by atoms with Crippen molar-refractivity contribution in [2.45, 2.75) is 33.4 Å². The fourth-order valence-electron chi connectivity index (χ4n) is 3.43. The summed E-state index contributed by atoms with van der Waals surface area (Å²) >= 11 is 1.76. The molecule has 1 aliphatic rings. The largest absolute Gasteiger partial charge is 0.398 e. The van der Waals surface area contributed by atoms with Crippen LogP contribution < -0.4 is 5.73 Å². The Morgan fingerprint density at radius 1 is 1.22 bits per heavy atom. The molecule has 3 aromatic rings. The number of nitrogen functional groups attached to an aromatic ring is 1. The summed E-state index contributed by atoms with van der Waals surface area (Å²) in [5.74, 6) is 0. The van der Waals surface area contributed by atoms with E-state index < -0.39 is 0 Å². The van der Waals surface area contributed by atoms with Crippen LogP contribution in [0.5, 0.6) is 0 Å². The third kappa shape index (κ3) is 2.52. The van der Waals surface area contributed by atoms with E-state index in [1.54, 1.807) is 11.3 Å². The minimum absolute atomic E-state index is 0.896. The van der Waals surface area contributed by atoms with Crippen molar-refractivity contribution in [3.63, 3.8) is 0 Å². The van der Waals surface area contributed by atoms with Gasteiger partial charge in [0.2, 0.25) is 0 Å². The Morgan fingerprint density at radius 2 is 2.00 bits per heavy atom. The smallest absolute Gasteiger partial charge is 0.126 e. The van der Waals surface area contributed by atoms with E-state index in [-0.39, 0.29) is 0 Å². The third-order valence-electron chi connectivity index (χ3n) is 4.84. The quantitative estimate of drug-likeness (QED) is 0.773. The molecule has 118 valence electrons. The third-order valence-corrected chi connectivity index (χ3v) is 5.94. The lowest BCUT2D eigenvalue weighted by Crippen LogP contribution is -2.31. The van der Waals surface area contributed by atoms with Crippen LogP contribution in [0.3, 0.4) is 0 Å². The number of anilines is 1. The van der Waals surface area contributed by atoms with E-state index in [9.17, 15) is 0 Å². The molecule has 0 saturated heterocycles. The monoisotopic (exact) mass is 323 g/mol. The molecule has 23 heavy (non-hydrogen) atoms. The first-order valence-corrected chi connectivity index (χ1v) is 8.88. The van der Waals surface area contributed by atoms with Crippen LogP contribution in [-0.4, -0.2) is 16.4 Å². The number of pyridine rings is 1. The van der Waals surface area contributed by atoms with E-state index in [1.807, 2.05) is 0 Å². The van der Waals surface area contributed by atoms with Gasteiger partial charge in [-0.05, 0) is 25.0 Å². The number of hydrogen-bond acceptors (Lipinski definition) is 4. The summed E-state index contributed by atoms with van der Waals surface area (Å²) in [5, 5.41) is 1.17. The second kappa shape index (κ2) is 5.62. The van der Waals surface area contributed by atoms with E-state index in [1.165, 1.54) is 32.6 Å². The number of nitrogens with two attached hydrogens (primary N) is 1. The van der Waals surface area contributed by atoms with Crippen LogP contribution in [0, 0.1) is 13.8 Å². The normalized spacial score (nSPS) is 15.0. The summed E-state index contributed by atoms with van der Waals surface area (Å²) in [4.78, 5) is 9.81. The molecule has 0 saturated carbocycles. The first-order chi connectivity index (χ1) is 11.1. The van der Waals surface area contributed by atoms with Gasteiger partial charge in [-0.1, -0.05) is 30.3 Å². The lowest BCUT2D eigenvalue weighted by atomic mass is 10.00. The van der Waals surface area contributed by atoms with Crippen LogP contribution in [0.15, 0.2) is 30.3 Å². The molecule has 2 N–H and O–H groups in total. The molecule has 0 atom stereocenters. The van der Waals surface area contributed by atoms with Crippen molar-refractivity contribution in [2.24, 2.45) is 0 Å². The topological polar surface area (TPSA) is 42.1 Å². The Hall–Kier alpha value is -1.91. The van der Waals surface area contributed by atoms with Gasteiger partial charge in [-0.2, -0.15) is 0 Å². The minimum atomic E-state index is 0.896. The number of hydrogen-bond donors (Lipinski definition) is 1. The Balaban J connectivity index is 1.70. The SMILES string of the molecule is Cc1sc2nc3c(c(N)c2c1C)CN(Cc1ccccc1)CC3. The van der Waals surface area contributed by atoms with Gasteiger partial charge in [0.15, 0.2) is 0 Å². The van der Waals surface area contributed by atoms with Crippen molar-refractivity contribution in [3.05, 3.63) is 57.6 Å². The molecule has 0 radical (unpaired) electrons. The standard InChI is InChI=1S/C19H21N3S/c1-12-13(2)23-19-17(12)18(20)15-11-22(9-8-16(15)21-19)10-14-6-4-3-5-7-14/h3-7H,8-11H2,1-2H3,(H2,20,21). The molecule has 0 amide bonds. The number of benzene rings is 1. The summed E-state index contributed by atoms with van der Waals surface area (Å²) in [6, 6.07) is 10.6. The fourth-order valence-corrected chi connectivity index (χ4v) is 4.49. The van der Waals surface area contributed by atoms with Crippen LogP contribution in [0.25, 0.3) is 10.2 Å². The minimum Gasteiger partial charge on any atom is -0.398 e. The van der Waals surface area contributed by atoms with Gasteiger partial charge >= 0.3 is 0 Å². The van der Waals surface area contributed by atoms with Gasteiger partial charge in [0.25, 0.3) is 0 Å². The van der Waals surface area contributed by atoms with E-state index in [0.29, 0.717) is 0 Å². The Labute approximate surface area is 140 Å². The molecule has 3 nitrogen and oxygen atoms in total. The molecular formula is C19H21N3S. The Kier molecular flexibility index (Phi) is 3.58. The molecule has 0 spiro atoms. The molecule has 0 fully saturated rings. The number of fused-ring (bicyclic) bond motifs is 2. The van der Waals surface area contributed by atoms with Crippen molar-refractivity contribution in [1.29, 1.82) is 0 Å². The summed E-state index contributed by atoms with van der Waals surface area (Å²) in [6.07, 6.45) is 0.984. The van der Waals surface area contributed by atoms with Gasteiger partial charge < -0.3 is 5.73 Å². The average molecular weight is 323 g/mol. The maximum absolute atomic E-state index is 6.55. The predicted octanol–water partition coefficient (Wildman–Crippen LogP) is 4.05. The molecular weight excluding hydrogens is 302 g/mol. The molecule has 0 bridgehead atoms. The van der Waals surface area contributed by atoms with Gasteiger partial charge in [0.05, 0.1) is 0 Å². The maximum atomic E-state index is 6.55. The summed E-state index contributed by atoms with van der Waals surface area (Å²) in [5.41, 5.74) is 12.6. The average Bonchev–Trinajstić information content (AvgIpc) is 2.84. The number of thiophene rings is 1. The van der Waals surface area contributed by atoms with Gasteiger partial charge in [0, 0.05) is 53.3 Å². The number of aromatic nitrogens is 1. The van der Waals surface area contributed by atoms with Crippen LogP contribution in [0.4, 0.5) is 5.69 Å². The zero-order chi connectivity index (χ0) is 16.0. The molecule has 4 heteroatoms. The van der Waals surface area contributed by atoms with Crippen molar-refractivity contribution < 1.29 is 0 Å². The van der Waals surface area contributed by atoms with E-state index in [0.717, 1.165) is 36.6 Å². The summed E-state index contributed by atoms with van der Waals surface area (Å²) in [7, 11) is 0. The van der Waals surface area contributed by atoms with Crippen LogP contribution in [0.1, 0.15) is 27.3 Å². The van der Waals surface area contributed by atoms with Crippen LogP contribution in [0.2, 0.25) is 0 Å². The van der Waals surface area contributed by atoms with Crippen LogP contribution in [-0.2, 0) is 19.5 Å². The highest BCUT2D eigenvalue weighted by atomic mass is 32.1. The van der Waals surface area contributed by atoms with E-state index >= 15 is 0 Å². The van der Waals surface area contributed by atoms with Gasteiger partial charge in [-0.3, -0.25) is 4.90 Å². The number of nitrogens with zero attached hydrogens (tertiary/aromatic N) is 2. The predicted molar refractivity (Wildman–Crippen MR) is 97.8 cm³/mol.